The van der Waals surface area contributed by atoms with Crippen molar-refractivity contribution in [3.8, 4) is 0 Å². The van der Waals surface area contributed by atoms with Crippen molar-refractivity contribution in [3.63, 3.8) is 0 Å². The molecule has 0 heterocycles. The minimum absolute atomic E-state index is 0.181. The smallest absolute Gasteiger partial charge is 0.211 e. The van der Waals surface area contributed by atoms with Gasteiger partial charge in [0.2, 0.25) is 10.0 Å². The summed E-state index contributed by atoms with van der Waals surface area (Å²) in [6.45, 7) is 7.33. The van der Waals surface area contributed by atoms with Crippen LogP contribution >= 0.6 is 0 Å². The Labute approximate surface area is 123 Å². The lowest BCUT2D eigenvalue weighted by atomic mass is 10.1. The predicted molar refractivity (Wildman–Crippen MR) is 84.4 cm³/mol. The zero-order valence-electron chi connectivity index (χ0n) is 12.6. The van der Waals surface area contributed by atoms with Crippen LogP contribution in [0.4, 0.5) is 0 Å². The van der Waals surface area contributed by atoms with Gasteiger partial charge in [-0.25, -0.2) is 13.1 Å². The molecule has 1 rings (SSSR count). The molecule has 4 nitrogen and oxygen atoms in total. The maximum absolute atomic E-state index is 11.8. The first-order chi connectivity index (χ1) is 9.39. The fourth-order valence-electron chi connectivity index (χ4n) is 1.94. The first-order valence-electron chi connectivity index (χ1n) is 7.15. The summed E-state index contributed by atoms with van der Waals surface area (Å²) in [6, 6.07) is 8.54. The Kier molecular flexibility index (Phi) is 7.19. The molecule has 0 saturated heterocycles. The molecule has 0 aliphatic carbocycles. The van der Waals surface area contributed by atoms with Gasteiger partial charge in [0, 0.05) is 12.6 Å². The van der Waals surface area contributed by atoms with Crippen molar-refractivity contribution in [3.05, 3.63) is 35.4 Å². The molecular weight excluding hydrogens is 272 g/mol. The second kappa shape index (κ2) is 8.39. The van der Waals surface area contributed by atoms with Crippen LogP contribution < -0.4 is 10.0 Å². The van der Waals surface area contributed by atoms with E-state index in [2.05, 4.69) is 30.0 Å². The van der Waals surface area contributed by atoms with E-state index in [4.69, 9.17) is 0 Å². The van der Waals surface area contributed by atoms with Gasteiger partial charge in [-0.1, -0.05) is 43.7 Å². The van der Waals surface area contributed by atoms with Crippen LogP contribution in [0.25, 0.3) is 0 Å². The van der Waals surface area contributed by atoms with Crippen LogP contribution in [-0.4, -0.2) is 33.3 Å². The van der Waals surface area contributed by atoms with Crippen LogP contribution in [0.1, 0.15) is 31.4 Å². The van der Waals surface area contributed by atoms with E-state index in [9.17, 15) is 8.42 Å². The van der Waals surface area contributed by atoms with Crippen molar-refractivity contribution in [2.45, 2.75) is 39.7 Å². The lowest BCUT2D eigenvalue weighted by molar-refractivity contribution is 0.561. The van der Waals surface area contributed by atoms with Gasteiger partial charge in [0.15, 0.2) is 0 Å². The van der Waals surface area contributed by atoms with E-state index < -0.39 is 10.0 Å². The van der Waals surface area contributed by atoms with E-state index in [1.807, 2.05) is 25.1 Å². The summed E-state index contributed by atoms with van der Waals surface area (Å²) in [5.41, 5.74) is 2.36. The second-order valence-electron chi connectivity index (χ2n) is 5.41. The maximum atomic E-state index is 11.8. The zero-order valence-corrected chi connectivity index (χ0v) is 13.5. The zero-order chi connectivity index (χ0) is 15.0. The van der Waals surface area contributed by atoms with Gasteiger partial charge in [0.25, 0.3) is 0 Å². The van der Waals surface area contributed by atoms with E-state index >= 15 is 0 Å². The van der Waals surface area contributed by atoms with E-state index in [-0.39, 0.29) is 5.75 Å². The van der Waals surface area contributed by atoms with Crippen molar-refractivity contribution >= 4 is 10.0 Å². The summed E-state index contributed by atoms with van der Waals surface area (Å²) in [5.74, 6) is 0.181. The lowest BCUT2D eigenvalue weighted by Crippen LogP contribution is -2.31. The molecule has 0 unspecified atom stereocenters. The maximum Gasteiger partial charge on any atom is 0.211 e. The molecule has 1 aromatic rings. The highest BCUT2D eigenvalue weighted by Crippen LogP contribution is 2.04. The lowest BCUT2D eigenvalue weighted by Gasteiger charge is -2.09. The van der Waals surface area contributed by atoms with Crippen molar-refractivity contribution in [2.75, 3.05) is 18.8 Å². The fraction of sp³-hybridized carbons (Fsp3) is 0.600. The van der Waals surface area contributed by atoms with Gasteiger partial charge < -0.3 is 5.32 Å². The number of hydrogen-bond acceptors (Lipinski definition) is 3. The topological polar surface area (TPSA) is 58.2 Å². The Morgan fingerprint density at radius 2 is 1.95 bits per heavy atom. The highest BCUT2D eigenvalue weighted by molar-refractivity contribution is 7.89. The molecule has 0 spiro atoms. The van der Waals surface area contributed by atoms with Gasteiger partial charge in [-0.15, -0.1) is 0 Å². The number of rotatable bonds is 9. The number of sulfonamides is 1. The van der Waals surface area contributed by atoms with Crippen molar-refractivity contribution < 1.29 is 8.42 Å². The van der Waals surface area contributed by atoms with Gasteiger partial charge in [-0.05, 0) is 31.9 Å². The minimum atomic E-state index is -3.15. The van der Waals surface area contributed by atoms with Crippen molar-refractivity contribution in [1.29, 1.82) is 0 Å². The summed E-state index contributed by atoms with van der Waals surface area (Å²) in [6.07, 6.45) is 1.36. The summed E-state index contributed by atoms with van der Waals surface area (Å²) < 4.78 is 26.2. The van der Waals surface area contributed by atoms with Gasteiger partial charge in [0.05, 0.1) is 5.75 Å². The van der Waals surface area contributed by atoms with Crippen LogP contribution in [0, 0.1) is 6.92 Å². The van der Waals surface area contributed by atoms with Crippen LogP contribution in [0.15, 0.2) is 24.3 Å². The molecule has 0 bridgehead atoms. The summed E-state index contributed by atoms with van der Waals surface area (Å²) in [4.78, 5) is 0. The monoisotopic (exact) mass is 298 g/mol. The van der Waals surface area contributed by atoms with Crippen molar-refractivity contribution in [2.24, 2.45) is 0 Å². The van der Waals surface area contributed by atoms with E-state index in [1.54, 1.807) is 0 Å². The van der Waals surface area contributed by atoms with Gasteiger partial charge in [0.1, 0.15) is 0 Å². The SMILES string of the molecule is Cc1cccc(CCNS(=O)(=O)CCCNC(C)C)c1. The first kappa shape index (κ1) is 17.1. The second-order valence-corrected chi connectivity index (χ2v) is 7.34. The summed E-state index contributed by atoms with van der Waals surface area (Å²) in [7, 11) is -3.15. The molecule has 0 saturated carbocycles. The largest absolute Gasteiger partial charge is 0.314 e. The normalized spacial score (nSPS) is 12.0. The molecule has 2 N–H and O–H groups in total. The van der Waals surface area contributed by atoms with E-state index in [0.29, 0.717) is 19.0 Å². The number of benzene rings is 1. The molecule has 20 heavy (non-hydrogen) atoms. The average molecular weight is 298 g/mol. The third-order valence-corrected chi connectivity index (χ3v) is 4.43. The molecular formula is C15H26N2O2S. The molecule has 0 radical (unpaired) electrons. The Morgan fingerprint density at radius 3 is 2.60 bits per heavy atom. The summed E-state index contributed by atoms with van der Waals surface area (Å²) >= 11 is 0. The molecule has 0 fully saturated rings. The molecule has 0 aliphatic rings. The Hall–Kier alpha value is -0.910. The number of nitrogens with one attached hydrogen (secondary N) is 2. The van der Waals surface area contributed by atoms with E-state index in [1.165, 1.54) is 5.56 Å². The van der Waals surface area contributed by atoms with Gasteiger partial charge in [-0.3, -0.25) is 0 Å². The molecule has 0 atom stereocenters. The fourth-order valence-corrected chi connectivity index (χ4v) is 3.03. The third kappa shape index (κ3) is 7.62. The average Bonchev–Trinajstić information content (AvgIpc) is 2.34. The molecule has 5 heteroatoms. The Bertz CT molecular complexity index is 498. The Morgan fingerprint density at radius 1 is 1.20 bits per heavy atom. The van der Waals surface area contributed by atoms with E-state index in [0.717, 1.165) is 18.5 Å². The highest BCUT2D eigenvalue weighted by atomic mass is 32.2. The van der Waals surface area contributed by atoms with Crippen LogP contribution in [0.5, 0.6) is 0 Å². The van der Waals surface area contributed by atoms with Crippen LogP contribution in [0.3, 0.4) is 0 Å². The summed E-state index contributed by atoms with van der Waals surface area (Å²) in [5, 5.41) is 3.21. The molecule has 0 aliphatic heterocycles. The number of aryl methyl sites for hydroxylation is 1. The Balaban J connectivity index is 2.26. The first-order valence-corrected chi connectivity index (χ1v) is 8.80. The molecule has 114 valence electrons. The van der Waals surface area contributed by atoms with Crippen LogP contribution in [-0.2, 0) is 16.4 Å². The third-order valence-electron chi connectivity index (χ3n) is 2.96. The van der Waals surface area contributed by atoms with Gasteiger partial charge >= 0.3 is 0 Å². The minimum Gasteiger partial charge on any atom is -0.314 e. The number of hydrogen-bond donors (Lipinski definition) is 2. The predicted octanol–water partition coefficient (Wildman–Crippen LogP) is 1.85. The standard InChI is InChI=1S/C15H26N2O2S/c1-13(2)16-9-5-11-20(18,19)17-10-8-15-7-4-6-14(3)12-15/h4,6-7,12-13,16-17H,5,8-11H2,1-3H3. The quantitative estimate of drug-likeness (QED) is 0.684. The molecule has 0 aromatic heterocycles. The molecule has 1 aromatic carbocycles. The molecule has 0 amide bonds. The van der Waals surface area contributed by atoms with Crippen molar-refractivity contribution in [1.82, 2.24) is 10.0 Å². The van der Waals surface area contributed by atoms with Gasteiger partial charge in [-0.2, -0.15) is 0 Å². The van der Waals surface area contributed by atoms with Crippen LogP contribution in [0.2, 0.25) is 0 Å². The highest BCUT2D eigenvalue weighted by Gasteiger charge is 2.09.